The van der Waals surface area contributed by atoms with E-state index in [2.05, 4.69) is 21.3 Å². The number of hydrogen-bond acceptors (Lipinski definition) is 6. The van der Waals surface area contributed by atoms with Gasteiger partial charge in [-0.15, -0.1) is 11.3 Å². The number of rotatable bonds is 6. The van der Waals surface area contributed by atoms with Gasteiger partial charge in [-0.3, -0.25) is 4.79 Å². The summed E-state index contributed by atoms with van der Waals surface area (Å²) in [7, 11) is 3.20. The van der Waals surface area contributed by atoms with Gasteiger partial charge in [0.25, 0.3) is 5.91 Å². The molecule has 1 fully saturated rings. The van der Waals surface area contributed by atoms with Crippen molar-refractivity contribution in [2.45, 2.75) is 19.3 Å². The highest BCUT2D eigenvalue weighted by molar-refractivity contribution is 7.13. The third-order valence-electron chi connectivity index (χ3n) is 5.22. The molecule has 1 aromatic heterocycles. The average Bonchev–Trinajstić information content (AvgIpc) is 3.30. The van der Waals surface area contributed by atoms with E-state index < -0.39 is 0 Å². The molecule has 30 heavy (non-hydrogen) atoms. The lowest BCUT2D eigenvalue weighted by molar-refractivity contribution is 0.102. The molecule has 0 bridgehead atoms. The number of hydrogen-bond donors (Lipinski definition) is 1. The van der Waals surface area contributed by atoms with Gasteiger partial charge >= 0.3 is 0 Å². The van der Waals surface area contributed by atoms with Crippen LogP contribution in [0.15, 0.2) is 47.8 Å². The van der Waals surface area contributed by atoms with Crippen LogP contribution >= 0.6 is 11.3 Å². The Morgan fingerprint density at radius 3 is 2.60 bits per heavy atom. The van der Waals surface area contributed by atoms with Gasteiger partial charge in [0.2, 0.25) is 0 Å². The summed E-state index contributed by atoms with van der Waals surface area (Å²) in [6.45, 7) is 2.03. The number of carbonyl (C=O) groups is 1. The quantitative estimate of drug-likeness (QED) is 0.600. The molecule has 1 amide bonds. The van der Waals surface area contributed by atoms with Crippen LogP contribution in [0.2, 0.25) is 0 Å². The summed E-state index contributed by atoms with van der Waals surface area (Å²) in [5.74, 6) is 1.02. The first-order valence-corrected chi connectivity index (χ1v) is 10.9. The first kappa shape index (κ1) is 20.2. The molecule has 7 heteroatoms. The maximum absolute atomic E-state index is 12.9. The van der Waals surface area contributed by atoms with Crippen molar-refractivity contribution in [3.8, 4) is 22.1 Å². The molecule has 3 aromatic rings. The minimum Gasteiger partial charge on any atom is -0.493 e. The number of carbonyl (C=O) groups excluding carboxylic acids is 1. The molecule has 0 saturated carbocycles. The van der Waals surface area contributed by atoms with Gasteiger partial charge in [-0.2, -0.15) is 0 Å². The van der Waals surface area contributed by atoms with Crippen LogP contribution in [0, 0.1) is 0 Å². The van der Waals surface area contributed by atoms with Crippen LogP contribution in [0.4, 0.5) is 11.4 Å². The number of benzene rings is 2. The van der Waals surface area contributed by atoms with Gasteiger partial charge in [-0.1, -0.05) is 18.2 Å². The molecule has 0 unspecified atom stereocenters. The van der Waals surface area contributed by atoms with Gasteiger partial charge in [-0.25, -0.2) is 4.98 Å². The molecule has 0 spiro atoms. The van der Waals surface area contributed by atoms with Crippen molar-refractivity contribution in [2.75, 3.05) is 37.5 Å². The number of amides is 1. The van der Waals surface area contributed by atoms with Gasteiger partial charge < -0.3 is 19.7 Å². The molecule has 0 aliphatic carbocycles. The van der Waals surface area contributed by atoms with E-state index in [1.165, 1.54) is 30.6 Å². The smallest absolute Gasteiger partial charge is 0.275 e. The second-order valence-corrected chi connectivity index (χ2v) is 7.96. The number of anilines is 2. The van der Waals surface area contributed by atoms with Crippen LogP contribution in [0.25, 0.3) is 10.6 Å². The van der Waals surface area contributed by atoms with Crippen LogP contribution in [0.1, 0.15) is 29.8 Å². The van der Waals surface area contributed by atoms with Crippen LogP contribution < -0.4 is 19.7 Å². The predicted octanol–water partition coefficient (Wildman–Crippen LogP) is 5.07. The molecule has 1 N–H and O–H groups in total. The van der Waals surface area contributed by atoms with Gasteiger partial charge in [0.1, 0.15) is 10.7 Å². The lowest BCUT2D eigenvalue weighted by Gasteiger charge is -2.30. The molecule has 2 heterocycles. The van der Waals surface area contributed by atoms with E-state index in [0.29, 0.717) is 22.2 Å². The molecule has 1 saturated heterocycles. The third kappa shape index (κ3) is 4.11. The molecular weight excluding hydrogens is 398 g/mol. The summed E-state index contributed by atoms with van der Waals surface area (Å²) in [4.78, 5) is 19.8. The largest absolute Gasteiger partial charge is 0.493 e. The van der Waals surface area contributed by atoms with E-state index in [0.717, 1.165) is 30.0 Å². The van der Waals surface area contributed by atoms with Crippen LogP contribution in [-0.2, 0) is 0 Å². The number of nitrogens with one attached hydrogen (secondary N) is 1. The number of methoxy groups -OCH3 is 2. The summed E-state index contributed by atoms with van der Waals surface area (Å²) in [5.41, 5.74) is 3.07. The topological polar surface area (TPSA) is 63.7 Å². The van der Waals surface area contributed by atoms with Gasteiger partial charge in [0.05, 0.1) is 31.2 Å². The van der Waals surface area contributed by atoms with Crippen LogP contribution in [0.3, 0.4) is 0 Å². The standard InChI is InChI=1S/C23H25N3O3S/c1-28-20-12-8-9-16(21(20)29-2)23-25-18(15-30-23)22(27)24-17-10-4-5-11-19(17)26-13-6-3-7-14-26/h4-5,8-12,15H,3,6-7,13-14H2,1-2H3,(H,24,27). The molecular formula is C23H25N3O3S. The summed E-state index contributed by atoms with van der Waals surface area (Å²) in [5, 5.41) is 5.53. The van der Waals surface area contributed by atoms with Gasteiger partial charge in [0, 0.05) is 18.5 Å². The third-order valence-corrected chi connectivity index (χ3v) is 6.09. The molecule has 0 atom stereocenters. The number of thiazole rings is 1. The van der Waals surface area contributed by atoms with Crippen LogP contribution in [-0.4, -0.2) is 38.2 Å². The molecule has 4 rings (SSSR count). The number of ether oxygens (including phenoxy) is 2. The zero-order valence-electron chi connectivity index (χ0n) is 17.2. The summed E-state index contributed by atoms with van der Waals surface area (Å²) in [6.07, 6.45) is 3.63. The Kier molecular flexibility index (Phi) is 6.18. The Bertz CT molecular complexity index is 1030. The molecule has 156 valence electrons. The van der Waals surface area contributed by atoms with E-state index in [4.69, 9.17) is 9.47 Å². The SMILES string of the molecule is COc1cccc(-c2nc(C(=O)Nc3ccccc3N3CCCCC3)cs2)c1OC. The van der Waals surface area contributed by atoms with E-state index in [1.54, 1.807) is 19.6 Å². The fourth-order valence-electron chi connectivity index (χ4n) is 3.73. The monoisotopic (exact) mass is 423 g/mol. The number of para-hydroxylation sites is 3. The van der Waals surface area contributed by atoms with Gasteiger partial charge in [-0.05, 0) is 43.5 Å². The zero-order chi connectivity index (χ0) is 20.9. The maximum Gasteiger partial charge on any atom is 0.275 e. The van der Waals surface area contributed by atoms with Crippen molar-refractivity contribution in [3.05, 3.63) is 53.5 Å². The molecule has 2 aromatic carbocycles. The van der Waals surface area contributed by atoms with E-state index in [9.17, 15) is 4.79 Å². The fourth-order valence-corrected chi connectivity index (χ4v) is 4.56. The molecule has 1 aliphatic heterocycles. The van der Waals surface area contributed by atoms with Gasteiger partial charge in [0.15, 0.2) is 11.5 Å². The Labute approximate surface area is 180 Å². The minimum atomic E-state index is -0.219. The zero-order valence-corrected chi connectivity index (χ0v) is 18.0. The summed E-state index contributed by atoms with van der Waals surface area (Å²) in [6, 6.07) is 13.6. The highest BCUT2D eigenvalue weighted by Gasteiger charge is 2.19. The van der Waals surface area contributed by atoms with Crippen molar-refractivity contribution >= 4 is 28.6 Å². The Morgan fingerprint density at radius 1 is 1.03 bits per heavy atom. The predicted molar refractivity (Wildman–Crippen MR) is 121 cm³/mol. The number of piperidine rings is 1. The second-order valence-electron chi connectivity index (χ2n) is 7.10. The van der Waals surface area contributed by atoms with E-state index in [-0.39, 0.29) is 5.91 Å². The highest BCUT2D eigenvalue weighted by atomic mass is 32.1. The summed E-state index contributed by atoms with van der Waals surface area (Å²) >= 11 is 1.40. The van der Waals surface area contributed by atoms with Crippen molar-refractivity contribution < 1.29 is 14.3 Å². The first-order chi connectivity index (χ1) is 14.7. The molecule has 0 radical (unpaired) electrons. The second kappa shape index (κ2) is 9.17. The molecule has 1 aliphatic rings. The van der Waals surface area contributed by atoms with Crippen LogP contribution in [0.5, 0.6) is 11.5 Å². The molecule has 6 nitrogen and oxygen atoms in total. The Balaban J connectivity index is 1.57. The first-order valence-electron chi connectivity index (χ1n) is 10.0. The lowest BCUT2D eigenvalue weighted by atomic mass is 10.1. The average molecular weight is 424 g/mol. The fraction of sp³-hybridized carbons (Fsp3) is 0.304. The highest BCUT2D eigenvalue weighted by Crippen LogP contribution is 2.39. The Morgan fingerprint density at radius 2 is 1.83 bits per heavy atom. The van der Waals surface area contributed by atoms with Crippen molar-refractivity contribution in [3.63, 3.8) is 0 Å². The van der Waals surface area contributed by atoms with E-state index in [1.807, 2.05) is 36.4 Å². The summed E-state index contributed by atoms with van der Waals surface area (Å²) < 4.78 is 10.9. The van der Waals surface area contributed by atoms with Crippen molar-refractivity contribution in [1.82, 2.24) is 4.98 Å². The maximum atomic E-state index is 12.9. The Hall–Kier alpha value is -3.06. The lowest BCUT2D eigenvalue weighted by Crippen LogP contribution is -2.30. The minimum absolute atomic E-state index is 0.219. The van der Waals surface area contributed by atoms with E-state index >= 15 is 0 Å². The number of nitrogens with zero attached hydrogens (tertiary/aromatic N) is 2. The normalized spacial score (nSPS) is 13.7. The number of aromatic nitrogens is 1. The van der Waals surface area contributed by atoms with Crippen molar-refractivity contribution in [2.24, 2.45) is 0 Å². The van der Waals surface area contributed by atoms with Crippen molar-refractivity contribution in [1.29, 1.82) is 0 Å².